The highest BCUT2D eigenvalue weighted by Gasteiger charge is 2.11. The molecular formula is C17H18N2O2S2. The number of fused-ring (bicyclic) bond motifs is 1. The fourth-order valence-corrected chi connectivity index (χ4v) is 4.00. The lowest BCUT2D eigenvalue weighted by Gasteiger charge is -2.06. The number of hydrogen-bond acceptors (Lipinski definition) is 5. The van der Waals surface area contributed by atoms with E-state index in [2.05, 4.69) is 9.97 Å². The summed E-state index contributed by atoms with van der Waals surface area (Å²) in [5, 5.41) is 1.36. The highest BCUT2D eigenvalue weighted by molar-refractivity contribution is 7.99. The number of rotatable bonds is 5. The molecule has 3 aromatic rings. The Morgan fingerprint density at radius 2 is 1.96 bits per heavy atom. The Kier molecular flexibility index (Phi) is 4.73. The second-order valence-corrected chi connectivity index (χ2v) is 7.63. The Balaban J connectivity index is 1.63. The topological polar surface area (TPSA) is 55.0 Å². The van der Waals surface area contributed by atoms with Crippen LogP contribution in [-0.2, 0) is 0 Å². The molecule has 0 saturated carbocycles. The highest BCUT2D eigenvalue weighted by atomic mass is 32.2. The van der Waals surface area contributed by atoms with Crippen LogP contribution >= 0.6 is 23.1 Å². The number of nitrogens with zero attached hydrogens (tertiary/aromatic N) is 1. The summed E-state index contributed by atoms with van der Waals surface area (Å²) in [5.74, 6) is 1.59. The number of H-pyrrole nitrogens is 1. The molecule has 0 radical (unpaired) electrons. The number of aromatic amines is 1. The van der Waals surface area contributed by atoms with Gasteiger partial charge in [-0.15, -0.1) is 11.3 Å². The van der Waals surface area contributed by atoms with E-state index >= 15 is 0 Å². The molecule has 0 aliphatic rings. The molecule has 0 aliphatic heterocycles. The summed E-state index contributed by atoms with van der Waals surface area (Å²) in [5.41, 5.74) is 2.18. The van der Waals surface area contributed by atoms with Gasteiger partial charge >= 0.3 is 0 Å². The third-order valence-corrected chi connectivity index (χ3v) is 5.57. The first kappa shape index (κ1) is 16.1. The minimum Gasteiger partial charge on any atom is -0.493 e. The summed E-state index contributed by atoms with van der Waals surface area (Å²) in [6, 6.07) is 7.97. The van der Waals surface area contributed by atoms with Gasteiger partial charge < -0.3 is 9.72 Å². The molecule has 0 amide bonds. The van der Waals surface area contributed by atoms with Gasteiger partial charge in [-0.05, 0) is 38.5 Å². The van der Waals surface area contributed by atoms with Crippen LogP contribution < -0.4 is 10.3 Å². The SMILES string of the molecule is Cc1ccc(OCCSc2nc3sc(C)c(C)c3c(=O)[nH]2)cc1. The molecule has 2 heterocycles. The van der Waals surface area contributed by atoms with Crippen molar-refractivity contribution in [1.29, 1.82) is 0 Å². The first-order chi connectivity index (χ1) is 11.0. The van der Waals surface area contributed by atoms with E-state index in [0.29, 0.717) is 17.1 Å². The van der Waals surface area contributed by atoms with Crippen LogP contribution in [-0.4, -0.2) is 22.3 Å². The summed E-state index contributed by atoms with van der Waals surface area (Å²) in [7, 11) is 0. The molecule has 120 valence electrons. The molecule has 0 atom stereocenters. The molecule has 0 saturated heterocycles. The van der Waals surface area contributed by atoms with Gasteiger partial charge in [-0.2, -0.15) is 0 Å². The van der Waals surface area contributed by atoms with Crippen LogP contribution in [0.3, 0.4) is 0 Å². The van der Waals surface area contributed by atoms with Crippen molar-refractivity contribution < 1.29 is 4.74 Å². The average Bonchev–Trinajstić information content (AvgIpc) is 2.80. The second-order valence-electron chi connectivity index (χ2n) is 5.34. The van der Waals surface area contributed by atoms with Gasteiger partial charge in [0.05, 0.1) is 12.0 Å². The van der Waals surface area contributed by atoms with Crippen LogP contribution in [0.15, 0.2) is 34.2 Å². The number of aromatic nitrogens is 2. The Morgan fingerprint density at radius 3 is 2.70 bits per heavy atom. The van der Waals surface area contributed by atoms with Gasteiger partial charge in [-0.3, -0.25) is 4.79 Å². The molecule has 3 rings (SSSR count). The van der Waals surface area contributed by atoms with E-state index in [1.165, 1.54) is 17.3 Å². The van der Waals surface area contributed by atoms with Gasteiger partial charge in [0.2, 0.25) is 0 Å². The van der Waals surface area contributed by atoms with Crippen molar-refractivity contribution in [1.82, 2.24) is 9.97 Å². The molecule has 0 bridgehead atoms. The summed E-state index contributed by atoms with van der Waals surface area (Å²) in [6.45, 7) is 6.60. The van der Waals surface area contributed by atoms with Crippen LogP contribution in [0.5, 0.6) is 5.75 Å². The standard InChI is InChI=1S/C17H18N2O2S2/c1-10-4-6-13(7-5-10)21-8-9-22-17-18-15(20)14-11(2)12(3)23-16(14)19-17/h4-7H,8-9H2,1-3H3,(H,18,19,20). The van der Waals surface area contributed by atoms with Gasteiger partial charge in [0, 0.05) is 10.6 Å². The molecule has 0 fully saturated rings. The Labute approximate surface area is 142 Å². The maximum absolute atomic E-state index is 12.2. The largest absolute Gasteiger partial charge is 0.493 e. The zero-order chi connectivity index (χ0) is 16.4. The first-order valence-corrected chi connectivity index (χ1v) is 9.17. The van der Waals surface area contributed by atoms with Gasteiger partial charge in [-0.25, -0.2) is 4.98 Å². The van der Waals surface area contributed by atoms with E-state index < -0.39 is 0 Å². The van der Waals surface area contributed by atoms with Gasteiger partial charge in [-0.1, -0.05) is 29.5 Å². The zero-order valence-corrected chi connectivity index (χ0v) is 14.9. The lowest BCUT2D eigenvalue weighted by Crippen LogP contribution is -2.09. The average molecular weight is 346 g/mol. The van der Waals surface area contributed by atoms with E-state index in [1.54, 1.807) is 11.3 Å². The van der Waals surface area contributed by atoms with Crippen molar-refractivity contribution in [2.24, 2.45) is 0 Å². The minimum absolute atomic E-state index is 0.0567. The van der Waals surface area contributed by atoms with E-state index in [-0.39, 0.29) is 5.56 Å². The maximum atomic E-state index is 12.2. The molecular weight excluding hydrogens is 328 g/mol. The Morgan fingerprint density at radius 1 is 1.22 bits per heavy atom. The summed E-state index contributed by atoms with van der Waals surface area (Å²) in [4.78, 5) is 21.5. The van der Waals surface area contributed by atoms with Crippen molar-refractivity contribution in [2.75, 3.05) is 12.4 Å². The number of thioether (sulfide) groups is 1. The highest BCUT2D eigenvalue weighted by Crippen LogP contribution is 2.27. The van der Waals surface area contributed by atoms with E-state index in [4.69, 9.17) is 4.74 Å². The second kappa shape index (κ2) is 6.76. The van der Waals surface area contributed by atoms with Crippen LogP contribution in [0.1, 0.15) is 16.0 Å². The summed E-state index contributed by atoms with van der Waals surface area (Å²) in [6.07, 6.45) is 0. The van der Waals surface area contributed by atoms with E-state index in [0.717, 1.165) is 26.8 Å². The van der Waals surface area contributed by atoms with Gasteiger partial charge in [0.1, 0.15) is 10.6 Å². The van der Waals surface area contributed by atoms with Crippen LogP contribution in [0.2, 0.25) is 0 Å². The van der Waals surface area contributed by atoms with Crippen molar-refractivity contribution in [3.63, 3.8) is 0 Å². The third kappa shape index (κ3) is 3.59. The fraction of sp³-hybridized carbons (Fsp3) is 0.294. The summed E-state index contributed by atoms with van der Waals surface area (Å²) < 4.78 is 5.69. The monoisotopic (exact) mass is 346 g/mol. The smallest absolute Gasteiger partial charge is 0.260 e. The van der Waals surface area contributed by atoms with Crippen LogP contribution in [0.4, 0.5) is 0 Å². The molecule has 0 spiro atoms. The molecule has 0 unspecified atom stereocenters. The summed E-state index contributed by atoms with van der Waals surface area (Å²) >= 11 is 3.07. The minimum atomic E-state index is -0.0567. The maximum Gasteiger partial charge on any atom is 0.260 e. The predicted octanol–water partition coefficient (Wildman–Crippen LogP) is 4.08. The molecule has 0 aliphatic carbocycles. The number of nitrogens with one attached hydrogen (secondary N) is 1. The fourth-order valence-electron chi connectivity index (χ4n) is 2.24. The normalized spacial score (nSPS) is 11.1. The molecule has 1 aromatic carbocycles. The van der Waals surface area contributed by atoms with Crippen LogP contribution in [0.25, 0.3) is 10.2 Å². The van der Waals surface area contributed by atoms with Crippen molar-refractivity contribution in [3.05, 3.63) is 50.6 Å². The van der Waals surface area contributed by atoms with Gasteiger partial charge in [0.15, 0.2) is 5.16 Å². The zero-order valence-electron chi connectivity index (χ0n) is 13.3. The van der Waals surface area contributed by atoms with E-state index in [9.17, 15) is 4.79 Å². The molecule has 2 aromatic heterocycles. The first-order valence-electron chi connectivity index (χ1n) is 7.37. The number of benzene rings is 1. The molecule has 6 heteroatoms. The van der Waals surface area contributed by atoms with Crippen molar-refractivity contribution in [3.8, 4) is 5.75 Å². The van der Waals surface area contributed by atoms with E-state index in [1.807, 2.05) is 45.0 Å². The van der Waals surface area contributed by atoms with Crippen LogP contribution in [0, 0.1) is 20.8 Å². The number of aryl methyl sites for hydroxylation is 3. The molecule has 4 nitrogen and oxygen atoms in total. The third-order valence-electron chi connectivity index (χ3n) is 3.63. The molecule has 1 N–H and O–H groups in total. The Bertz CT molecular complexity index is 882. The van der Waals surface area contributed by atoms with Crippen molar-refractivity contribution in [2.45, 2.75) is 25.9 Å². The molecule has 23 heavy (non-hydrogen) atoms. The van der Waals surface area contributed by atoms with Gasteiger partial charge in [0.25, 0.3) is 5.56 Å². The number of ether oxygens (including phenoxy) is 1. The number of hydrogen-bond donors (Lipinski definition) is 1. The lowest BCUT2D eigenvalue weighted by atomic mass is 10.2. The lowest BCUT2D eigenvalue weighted by molar-refractivity contribution is 0.344. The van der Waals surface area contributed by atoms with Crippen molar-refractivity contribution >= 4 is 33.3 Å². The quantitative estimate of drug-likeness (QED) is 0.430. The number of thiophene rings is 1. The predicted molar refractivity (Wildman–Crippen MR) is 97.1 cm³/mol. The Hall–Kier alpha value is -1.79.